The maximum absolute atomic E-state index is 6.24. The lowest BCUT2D eigenvalue weighted by Crippen LogP contribution is -2.22. The molecule has 0 radical (unpaired) electrons. The van der Waals surface area contributed by atoms with Gasteiger partial charge in [-0.1, -0.05) is 42.7 Å². The molecule has 19 heavy (non-hydrogen) atoms. The molecule has 3 heteroatoms. The molecule has 1 aliphatic carbocycles. The number of hydrogen-bond donors (Lipinski definition) is 1. The van der Waals surface area contributed by atoms with Crippen LogP contribution in [0.5, 0.6) is 0 Å². The lowest BCUT2D eigenvalue weighted by Gasteiger charge is -2.22. The molecule has 0 saturated carbocycles. The van der Waals surface area contributed by atoms with Crippen LogP contribution in [0.15, 0.2) is 34.3 Å². The van der Waals surface area contributed by atoms with Gasteiger partial charge in [0.15, 0.2) is 0 Å². The summed E-state index contributed by atoms with van der Waals surface area (Å²) in [5.74, 6) is 0. The Balaban J connectivity index is 2.27. The summed E-state index contributed by atoms with van der Waals surface area (Å²) in [5, 5.41) is 4.39. The summed E-state index contributed by atoms with van der Waals surface area (Å²) in [6.45, 7) is 3.13. The number of nitrogens with one attached hydrogen (secondary N) is 1. The average molecular weight is 343 g/mol. The number of benzene rings is 1. The fourth-order valence-corrected chi connectivity index (χ4v) is 3.10. The van der Waals surface area contributed by atoms with Crippen LogP contribution < -0.4 is 5.32 Å². The molecule has 0 aromatic heterocycles. The number of likely N-dealkylation sites (N-methyl/N-ethyl adjacent to an activating group) is 1. The van der Waals surface area contributed by atoms with E-state index in [4.69, 9.17) is 11.6 Å². The van der Waals surface area contributed by atoms with Gasteiger partial charge >= 0.3 is 0 Å². The smallest absolute Gasteiger partial charge is 0.0551 e. The summed E-state index contributed by atoms with van der Waals surface area (Å²) in [7, 11) is 0. The van der Waals surface area contributed by atoms with Crippen molar-refractivity contribution in [2.75, 3.05) is 6.54 Å². The second-order valence-electron chi connectivity index (χ2n) is 5.04. The van der Waals surface area contributed by atoms with E-state index in [-0.39, 0.29) is 0 Å². The first-order valence-corrected chi connectivity index (χ1v) is 8.26. The summed E-state index contributed by atoms with van der Waals surface area (Å²) < 4.78 is 0.961. The van der Waals surface area contributed by atoms with E-state index in [2.05, 4.69) is 46.4 Å². The van der Waals surface area contributed by atoms with Crippen molar-refractivity contribution in [1.29, 1.82) is 0 Å². The Bertz CT molecular complexity index is 456. The maximum atomic E-state index is 6.24. The Morgan fingerprint density at radius 3 is 2.89 bits per heavy atom. The molecule has 0 fully saturated rings. The summed E-state index contributed by atoms with van der Waals surface area (Å²) in [6, 6.07) is 6.59. The molecule has 0 heterocycles. The normalized spacial score (nSPS) is 17.7. The molecule has 0 spiro atoms. The van der Waals surface area contributed by atoms with E-state index in [9.17, 15) is 0 Å². The lowest BCUT2D eigenvalue weighted by molar-refractivity contribution is 0.589. The molecule has 1 N–H and O–H groups in total. The van der Waals surface area contributed by atoms with Crippen molar-refractivity contribution in [2.24, 2.45) is 0 Å². The second kappa shape index (κ2) is 7.47. The van der Waals surface area contributed by atoms with E-state index >= 15 is 0 Å². The molecule has 2 rings (SSSR count). The van der Waals surface area contributed by atoms with Crippen LogP contribution in [0, 0.1) is 0 Å². The molecular formula is C16H21BrClN. The van der Waals surface area contributed by atoms with Crippen molar-refractivity contribution < 1.29 is 0 Å². The van der Waals surface area contributed by atoms with Crippen LogP contribution in [-0.4, -0.2) is 6.54 Å². The van der Waals surface area contributed by atoms with Crippen molar-refractivity contribution >= 4 is 27.5 Å². The van der Waals surface area contributed by atoms with Crippen LogP contribution >= 0.6 is 27.5 Å². The second-order valence-corrected chi connectivity index (χ2v) is 6.30. The van der Waals surface area contributed by atoms with Crippen molar-refractivity contribution in [1.82, 2.24) is 5.32 Å². The van der Waals surface area contributed by atoms with Crippen LogP contribution in [0.25, 0.3) is 0 Å². The fourth-order valence-electron chi connectivity index (χ4n) is 2.66. The summed E-state index contributed by atoms with van der Waals surface area (Å²) in [5.41, 5.74) is 2.79. The predicted octanol–water partition coefficient (Wildman–Crippen LogP) is 5.64. The van der Waals surface area contributed by atoms with Crippen molar-refractivity contribution in [3.63, 3.8) is 0 Å². The van der Waals surface area contributed by atoms with E-state index in [1.807, 2.05) is 6.07 Å². The zero-order valence-electron chi connectivity index (χ0n) is 11.4. The van der Waals surface area contributed by atoms with Gasteiger partial charge < -0.3 is 5.32 Å². The van der Waals surface area contributed by atoms with Crippen LogP contribution in [0.2, 0.25) is 5.02 Å². The standard InChI is InChI=1S/C16H21BrClN/c1-2-19-16(12-7-5-3-4-6-8-12)13-9-10-14(17)15(18)11-13/h7,9-11,16,19H,2-6,8H2,1H3. The SMILES string of the molecule is CCNC(C1=CCCCCC1)c1ccc(Br)c(Cl)c1. The minimum absolute atomic E-state index is 0.314. The molecule has 0 aliphatic heterocycles. The predicted molar refractivity (Wildman–Crippen MR) is 86.7 cm³/mol. The Morgan fingerprint density at radius 2 is 2.16 bits per heavy atom. The van der Waals surface area contributed by atoms with Gasteiger partial charge in [0.25, 0.3) is 0 Å². The van der Waals surface area contributed by atoms with E-state index in [0.29, 0.717) is 6.04 Å². The fraction of sp³-hybridized carbons (Fsp3) is 0.500. The highest BCUT2D eigenvalue weighted by Gasteiger charge is 2.17. The minimum Gasteiger partial charge on any atom is -0.307 e. The third-order valence-corrected chi connectivity index (χ3v) is 4.86. The molecular weight excluding hydrogens is 322 g/mol. The van der Waals surface area contributed by atoms with Crippen LogP contribution in [-0.2, 0) is 0 Å². The molecule has 1 aromatic rings. The van der Waals surface area contributed by atoms with Gasteiger partial charge in [0.1, 0.15) is 0 Å². The molecule has 1 unspecified atom stereocenters. The van der Waals surface area contributed by atoms with Crippen molar-refractivity contribution in [2.45, 2.75) is 45.1 Å². The lowest BCUT2D eigenvalue weighted by atomic mass is 9.95. The van der Waals surface area contributed by atoms with E-state index in [0.717, 1.165) is 16.0 Å². The monoisotopic (exact) mass is 341 g/mol. The molecule has 1 aliphatic rings. The van der Waals surface area contributed by atoms with Gasteiger partial charge in [0, 0.05) is 4.47 Å². The van der Waals surface area contributed by atoms with Gasteiger partial charge in [-0.3, -0.25) is 0 Å². The summed E-state index contributed by atoms with van der Waals surface area (Å²) >= 11 is 9.69. The molecule has 0 bridgehead atoms. The van der Waals surface area contributed by atoms with E-state index < -0.39 is 0 Å². The van der Waals surface area contributed by atoms with E-state index in [1.54, 1.807) is 0 Å². The molecule has 1 aromatic carbocycles. The highest BCUT2D eigenvalue weighted by atomic mass is 79.9. The van der Waals surface area contributed by atoms with E-state index in [1.165, 1.54) is 43.2 Å². The van der Waals surface area contributed by atoms with Gasteiger partial charge in [-0.15, -0.1) is 0 Å². The Labute approximate surface area is 129 Å². The van der Waals surface area contributed by atoms with Gasteiger partial charge in [-0.2, -0.15) is 0 Å². The third-order valence-electron chi connectivity index (χ3n) is 3.63. The zero-order valence-corrected chi connectivity index (χ0v) is 13.7. The molecule has 0 saturated heterocycles. The highest BCUT2D eigenvalue weighted by molar-refractivity contribution is 9.10. The van der Waals surface area contributed by atoms with Crippen molar-refractivity contribution in [3.05, 3.63) is 44.9 Å². The zero-order chi connectivity index (χ0) is 13.7. The quantitative estimate of drug-likeness (QED) is 0.698. The first-order chi connectivity index (χ1) is 9.22. The Hall–Kier alpha value is -0.310. The van der Waals surface area contributed by atoms with Gasteiger partial charge in [0.2, 0.25) is 0 Å². The average Bonchev–Trinajstić information content (AvgIpc) is 2.68. The topological polar surface area (TPSA) is 12.0 Å². The first kappa shape index (κ1) is 15.1. The summed E-state index contributed by atoms with van der Waals surface area (Å²) in [4.78, 5) is 0. The number of halogens is 2. The number of hydrogen-bond acceptors (Lipinski definition) is 1. The molecule has 0 amide bonds. The summed E-state index contributed by atoms with van der Waals surface area (Å²) in [6.07, 6.45) is 8.81. The van der Waals surface area contributed by atoms with Crippen LogP contribution in [0.1, 0.15) is 50.6 Å². The van der Waals surface area contributed by atoms with Crippen LogP contribution in [0.4, 0.5) is 0 Å². The minimum atomic E-state index is 0.314. The molecule has 1 nitrogen and oxygen atoms in total. The Kier molecular flexibility index (Phi) is 5.93. The number of allylic oxidation sites excluding steroid dienone is 1. The molecule has 104 valence electrons. The maximum Gasteiger partial charge on any atom is 0.0551 e. The van der Waals surface area contributed by atoms with Crippen molar-refractivity contribution in [3.8, 4) is 0 Å². The third kappa shape index (κ3) is 4.08. The van der Waals surface area contributed by atoms with Crippen LogP contribution in [0.3, 0.4) is 0 Å². The van der Waals surface area contributed by atoms with Gasteiger partial charge in [-0.05, 0) is 65.9 Å². The first-order valence-electron chi connectivity index (χ1n) is 7.09. The molecule has 1 atom stereocenters. The largest absolute Gasteiger partial charge is 0.307 e. The van der Waals surface area contributed by atoms with Gasteiger partial charge in [0.05, 0.1) is 11.1 Å². The highest BCUT2D eigenvalue weighted by Crippen LogP contribution is 2.32. The number of rotatable bonds is 4. The Morgan fingerprint density at radius 1 is 1.32 bits per heavy atom. The van der Waals surface area contributed by atoms with Gasteiger partial charge in [-0.25, -0.2) is 0 Å².